The van der Waals surface area contributed by atoms with Crippen molar-refractivity contribution in [2.75, 3.05) is 26.8 Å². The van der Waals surface area contributed by atoms with Gasteiger partial charge in [-0.2, -0.15) is 0 Å². The Balaban J connectivity index is 1.67. The molecule has 1 aliphatic rings. The Morgan fingerprint density at radius 3 is 2.90 bits per heavy atom. The van der Waals surface area contributed by atoms with Gasteiger partial charge in [0.1, 0.15) is 0 Å². The molecule has 0 spiro atoms. The lowest BCUT2D eigenvalue weighted by molar-refractivity contribution is -0.130. The molecule has 112 valence electrons. The summed E-state index contributed by atoms with van der Waals surface area (Å²) in [4.78, 5) is 19.4. The predicted molar refractivity (Wildman–Crippen MR) is 81.0 cm³/mol. The first-order valence-corrected chi connectivity index (χ1v) is 8.25. The van der Waals surface area contributed by atoms with Crippen LogP contribution in [-0.2, 0) is 16.0 Å². The molecule has 5 heteroatoms. The molecule has 0 N–H and O–H groups in total. The van der Waals surface area contributed by atoms with Crippen molar-refractivity contribution in [2.24, 2.45) is 5.92 Å². The molecule has 2 heterocycles. The molecule has 1 fully saturated rings. The SMILES string of the molecule is Cc1ncsc1CCC(=O)N(C)CCC1CCOCC1. The van der Waals surface area contributed by atoms with E-state index in [1.807, 2.05) is 24.4 Å². The summed E-state index contributed by atoms with van der Waals surface area (Å²) < 4.78 is 5.36. The van der Waals surface area contributed by atoms with Gasteiger partial charge in [0.05, 0.1) is 11.2 Å². The number of amides is 1. The number of ether oxygens (including phenoxy) is 1. The monoisotopic (exact) mass is 296 g/mol. The molecule has 0 aliphatic carbocycles. The Kier molecular flexibility index (Phi) is 5.98. The lowest BCUT2D eigenvalue weighted by Gasteiger charge is -2.25. The zero-order chi connectivity index (χ0) is 14.4. The molecule has 0 radical (unpaired) electrons. The molecule has 0 unspecified atom stereocenters. The van der Waals surface area contributed by atoms with Crippen molar-refractivity contribution in [3.05, 3.63) is 16.1 Å². The minimum absolute atomic E-state index is 0.241. The number of aryl methyl sites for hydroxylation is 2. The Morgan fingerprint density at radius 1 is 1.50 bits per heavy atom. The van der Waals surface area contributed by atoms with Crippen LogP contribution >= 0.6 is 11.3 Å². The summed E-state index contributed by atoms with van der Waals surface area (Å²) in [6.45, 7) is 4.64. The van der Waals surface area contributed by atoms with E-state index < -0.39 is 0 Å². The van der Waals surface area contributed by atoms with Gasteiger partial charge in [0.15, 0.2) is 0 Å². The van der Waals surface area contributed by atoms with Crippen molar-refractivity contribution in [3.8, 4) is 0 Å². The lowest BCUT2D eigenvalue weighted by Crippen LogP contribution is -2.30. The Morgan fingerprint density at radius 2 is 2.25 bits per heavy atom. The van der Waals surface area contributed by atoms with E-state index in [1.165, 1.54) is 4.88 Å². The van der Waals surface area contributed by atoms with Crippen LogP contribution in [-0.4, -0.2) is 42.6 Å². The maximum absolute atomic E-state index is 12.1. The molecule has 1 aromatic heterocycles. The minimum Gasteiger partial charge on any atom is -0.381 e. The van der Waals surface area contributed by atoms with Crippen molar-refractivity contribution in [3.63, 3.8) is 0 Å². The number of carbonyl (C=O) groups excluding carboxylic acids is 1. The summed E-state index contributed by atoms with van der Waals surface area (Å²) in [7, 11) is 1.92. The fraction of sp³-hybridized carbons (Fsp3) is 0.733. The number of nitrogens with zero attached hydrogens (tertiary/aromatic N) is 2. The van der Waals surface area contributed by atoms with Gasteiger partial charge in [-0.15, -0.1) is 11.3 Å². The fourth-order valence-electron chi connectivity index (χ4n) is 2.51. The van der Waals surface area contributed by atoms with Gasteiger partial charge in [-0.25, -0.2) is 4.98 Å². The summed E-state index contributed by atoms with van der Waals surface area (Å²) in [5.74, 6) is 0.965. The maximum atomic E-state index is 12.1. The summed E-state index contributed by atoms with van der Waals surface area (Å²) in [6, 6.07) is 0. The number of hydrogen-bond acceptors (Lipinski definition) is 4. The summed E-state index contributed by atoms with van der Waals surface area (Å²) in [5.41, 5.74) is 2.91. The van der Waals surface area contributed by atoms with E-state index in [2.05, 4.69) is 4.98 Å². The molecule has 0 saturated carbocycles. The maximum Gasteiger partial charge on any atom is 0.222 e. The third kappa shape index (κ3) is 4.56. The van der Waals surface area contributed by atoms with Gasteiger partial charge in [-0.1, -0.05) is 0 Å². The topological polar surface area (TPSA) is 42.4 Å². The molecule has 1 saturated heterocycles. The van der Waals surface area contributed by atoms with Crippen LogP contribution in [0.3, 0.4) is 0 Å². The molecule has 2 rings (SSSR count). The number of carbonyl (C=O) groups is 1. The number of aromatic nitrogens is 1. The summed E-state index contributed by atoms with van der Waals surface area (Å²) in [5, 5.41) is 0. The molecule has 20 heavy (non-hydrogen) atoms. The highest BCUT2D eigenvalue weighted by atomic mass is 32.1. The van der Waals surface area contributed by atoms with Crippen molar-refractivity contribution in [2.45, 2.75) is 39.0 Å². The van der Waals surface area contributed by atoms with E-state index in [9.17, 15) is 4.79 Å². The predicted octanol–water partition coefficient (Wildman–Crippen LogP) is 2.66. The van der Waals surface area contributed by atoms with E-state index in [4.69, 9.17) is 4.74 Å². The number of hydrogen-bond donors (Lipinski definition) is 0. The average molecular weight is 296 g/mol. The Labute approximate surface area is 125 Å². The van der Waals surface area contributed by atoms with E-state index in [0.29, 0.717) is 6.42 Å². The highest BCUT2D eigenvalue weighted by Gasteiger charge is 2.16. The third-order valence-electron chi connectivity index (χ3n) is 4.05. The Bertz CT molecular complexity index is 427. The molecular formula is C15H24N2O2S. The van der Waals surface area contributed by atoms with Gasteiger partial charge in [0, 0.05) is 38.1 Å². The summed E-state index contributed by atoms with van der Waals surface area (Å²) in [6.07, 6.45) is 4.79. The highest BCUT2D eigenvalue weighted by Crippen LogP contribution is 2.19. The van der Waals surface area contributed by atoms with Crippen molar-refractivity contribution in [1.82, 2.24) is 9.88 Å². The van der Waals surface area contributed by atoms with E-state index >= 15 is 0 Å². The minimum atomic E-state index is 0.241. The molecule has 0 bridgehead atoms. The Hall–Kier alpha value is -0.940. The van der Waals surface area contributed by atoms with Gasteiger partial charge in [-0.05, 0) is 38.5 Å². The molecular weight excluding hydrogens is 272 g/mol. The first-order chi connectivity index (χ1) is 9.66. The van der Waals surface area contributed by atoms with E-state index in [-0.39, 0.29) is 5.91 Å². The second-order valence-corrected chi connectivity index (χ2v) is 6.46. The first-order valence-electron chi connectivity index (χ1n) is 7.37. The standard InChI is InChI=1S/C15H24N2O2S/c1-12-14(20-11-16-12)3-4-15(18)17(2)8-5-13-6-9-19-10-7-13/h11,13H,3-10H2,1-2H3. The zero-order valence-corrected chi connectivity index (χ0v) is 13.2. The van der Waals surface area contributed by atoms with Crippen LogP contribution in [0.5, 0.6) is 0 Å². The van der Waals surface area contributed by atoms with Crippen LogP contribution in [0.25, 0.3) is 0 Å². The van der Waals surface area contributed by atoms with Gasteiger partial charge in [0.2, 0.25) is 5.91 Å². The average Bonchev–Trinajstić information content (AvgIpc) is 2.88. The molecule has 1 aromatic rings. The van der Waals surface area contributed by atoms with Gasteiger partial charge in [0.25, 0.3) is 0 Å². The zero-order valence-electron chi connectivity index (χ0n) is 12.4. The van der Waals surface area contributed by atoms with Crippen LogP contribution in [0, 0.1) is 12.8 Å². The van der Waals surface area contributed by atoms with Crippen molar-refractivity contribution < 1.29 is 9.53 Å². The summed E-state index contributed by atoms with van der Waals surface area (Å²) >= 11 is 1.64. The van der Waals surface area contributed by atoms with Crippen molar-refractivity contribution >= 4 is 17.2 Å². The van der Waals surface area contributed by atoms with Crippen LogP contribution in [0.1, 0.15) is 36.3 Å². The second-order valence-electron chi connectivity index (χ2n) is 5.52. The molecule has 0 atom stereocenters. The van der Waals surface area contributed by atoms with Crippen LogP contribution in [0.4, 0.5) is 0 Å². The highest BCUT2D eigenvalue weighted by molar-refractivity contribution is 7.09. The normalized spacial score (nSPS) is 16.3. The first kappa shape index (κ1) is 15.4. The quantitative estimate of drug-likeness (QED) is 0.810. The molecule has 0 aromatic carbocycles. The molecule has 1 aliphatic heterocycles. The lowest BCUT2D eigenvalue weighted by atomic mass is 9.96. The third-order valence-corrected chi connectivity index (χ3v) is 5.05. The second kappa shape index (κ2) is 7.74. The van der Waals surface area contributed by atoms with Gasteiger partial charge < -0.3 is 9.64 Å². The van der Waals surface area contributed by atoms with Crippen LogP contribution in [0.2, 0.25) is 0 Å². The van der Waals surface area contributed by atoms with Gasteiger partial charge >= 0.3 is 0 Å². The van der Waals surface area contributed by atoms with E-state index in [1.54, 1.807) is 11.3 Å². The smallest absolute Gasteiger partial charge is 0.222 e. The van der Waals surface area contributed by atoms with Gasteiger partial charge in [-0.3, -0.25) is 4.79 Å². The van der Waals surface area contributed by atoms with E-state index in [0.717, 1.165) is 57.1 Å². The van der Waals surface area contributed by atoms with Crippen LogP contribution < -0.4 is 0 Å². The molecule has 4 nitrogen and oxygen atoms in total. The largest absolute Gasteiger partial charge is 0.381 e. The van der Waals surface area contributed by atoms with Crippen molar-refractivity contribution in [1.29, 1.82) is 0 Å². The van der Waals surface area contributed by atoms with Crippen LogP contribution in [0.15, 0.2) is 5.51 Å². The number of rotatable bonds is 6. The molecule has 1 amide bonds. The fourth-order valence-corrected chi connectivity index (χ4v) is 3.29. The number of thiazole rings is 1.